The van der Waals surface area contributed by atoms with Crippen LogP contribution in [0.2, 0.25) is 0 Å². The van der Waals surface area contributed by atoms with Crippen LogP contribution in [0.4, 0.5) is 0 Å². The molecule has 0 aliphatic rings. The number of carboxylic acid groups (broad SMARTS) is 3. The van der Waals surface area contributed by atoms with Crippen LogP contribution < -0.4 is 0 Å². The van der Waals surface area contributed by atoms with Crippen molar-refractivity contribution in [3.05, 3.63) is 12.2 Å². The van der Waals surface area contributed by atoms with Gasteiger partial charge in [0.05, 0.1) is 6.54 Å². The van der Waals surface area contributed by atoms with Gasteiger partial charge in [0, 0.05) is 0 Å². The molecule has 0 saturated heterocycles. The molecule has 0 aliphatic carbocycles. The number of rotatable bonds is 23. The van der Waals surface area contributed by atoms with E-state index in [2.05, 4.69) is 19.1 Å². The van der Waals surface area contributed by atoms with Crippen molar-refractivity contribution in [2.75, 3.05) is 6.54 Å². The van der Waals surface area contributed by atoms with Gasteiger partial charge in [-0.2, -0.15) is 0 Å². The van der Waals surface area contributed by atoms with Crippen LogP contribution in [0.25, 0.3) is 0 Å². The number of aliphatic carboxylic acids is 3. The summed E-state index contributed by atoms with van der Waals surface area (Å²) in [6.45, 7) is 6.71. The first-order valence-corrected chi connectivity index (χ1v) is 13.8. The van der Waals surface area contributed by atoms with Crippen molar-refractivity contribution >= 4 is 17.9 Å². The van der Waals surface area contributed by atoms with Crippen molar-refractivity contribution in [3.63, 3.8) is 0 Å². The molecule has 0 fully saturated rings. The lowest BCUT2D eigenvalue weighted by Crippen LogP contribution is -2.70. The van der Waals surface area contributed by atoms with Crippen LogP contribution in [0.5, 0.6) is 0 Å². The maximum atomic E-state index is 11.8. The Kier molecular flexibility index (Phi) is 18.3. The Morgan fingerprint density at radius 1 is 0.571 bits per heavy atom. The molecule has 0 aromatic rings. The Bertz CT molecular complexity index is 583. The Labute approximate surface area is 213 Å². The minimum atomic E-state index is -1.18. The summed E-state index contributed by atoms with van der Waals surface area (Å²) in [7, 11) is 0. The van der Waals surface area contributed by atoms with E-state index in [1.54, 1.807) is 0 Å². The van der Waals surface area contributed by atoms with Gasteiger partial charge >= 0.3 is 17.9 Å². The average molecular weight is 499 g/mol. The molecular weight excluding hydrogens is 446 g/mol. The Hall–Kier alpha value is -1.89. The fraction of sp³-hybridized carbons (Fsp3) is 0.821. The molecule has 0 aliphatic heterocycles. The lowest BCUT2D eigenvalue weighted by Gasteiger charge is -2.47. The van der Waals surface area contributed by atoms with E-state index < -0.39 is 40.5 Å². The molecule has 0 spiro atoms. The monoisotopic (exact) mass is 498 g/mol. The smallest absolute Gasteiger partial charge is 0.362 e. The summed E-state index contributed by atoms with van der Waals surface area (Å²) in [5, 5.41) is 28.8. The third kappa shape index (κ3) is 12.6. The summed E-state index contributed by atoms with van der Waals surface area (Å²) in [4.78, 5) is 35.3. The van der Waals surface area contributed by atoms with E-state index in [1.165, 1.54) is 72.1 Å². The van der Waals surface area contributed by atoms with E-state index in [-0.39, 0.29) is 6.54 Å². The second kappa shape index (κ2) is 19.3. The van der Waals surface area contributed by atoms with Gasteiger partial charge in [-0.05, 0) is 59.3 Å². The molecule has 35 heavy (non-hydrogen) atoms. The molecule has 0 aromatic heterocycles. The first-order chi connectivity index (χ1) is 16.6. The number of carbonyl (C=O) groups is 3. The number of nitrogens with zero attached hydrogens (tertiary/aromatic N) is 1. The minimum Gasteiger partial charge on any atom is -0.477 e. The van der Waals surface area contributed by atoms with Crippen molar-refractivity contribution in [1.82, 2.24) is 0 Å². The molecule has 204 valence electrons. The zero-order chi connectivity index (χ0) is 26.7. The number of quaternary nitrogens is 1. The third-order valence-corrected chi connectivity index (χ3v) is 7.54. The number of hydrogen-bond donors (Lipinski definition) is 3. The molecule has 0 radical (unpaired) electrons. The van der Waals surface area contributed by atoms with Gasteiger partial charge in [-0.3, -0.25) is 4.48 Å². The zero-order valence-corrected chi connectivity index (χ0v) is 22.7. The molecule has 7 nitrogen and oxygen atoms in total. The van der Waals surface area contributed by atoms with Crippen molar-refractivity contribution < 1.29 is 34.2 Å². The van der Waals surface area contributed by atoms with E-state index in [4.69, 9.17) is 0 Å². The predicted molar refractivity (Wildman–Crippen MR) is 140 cm³/mol. The summed E-state index contributed by atoms with van der Waals surface area (Å²) in [5.41, 5.74) is 0. The maximum absolute atomic E-state index is 11.8. The number of allylic oxidation sites excluding steroid dienone is 2. The highest BCUT2D eigenvalue weighted by molar-refractivity contribution is 5.77. The normalized spacial score (nSPS) is 16.0. The standard InChI is InChI=1S/C28H51NO6/c1-5-6-7-8-9-10-11-12-13-14-15-16-17-18-19-20-21-22-29(23(2)26(30)31,24(3)27(32)33)25(4)28(34)35/h14-15,23-25H,5-13,16-22H2,1-4H3,(H2-,30,31,32,33,34,35)/p+1/b15-14+. The molecule has 0 aromatic carbocycles. The van der Waals surface area contributed by atoms with Gasteiger partial charge < -0.3 is 15.3 Å². The largest absolute Gasteiger partial charge is 0.477 e. The van der Waals surface area contributed by atoms with Crippen molar-refractivity contribution in [2.24, 2.45) is 0 Å². The molecule has 3 N–H and O–H groups in total. The van der Waals surface area contributed by atoms with Gasteiger partial charge in [-0.15, -0.1) is 0 Å². The molecule has 0 saturated carbocycles. The fourth-order valence-corrected chi connectivity index (χ4v) is 5.01. The summed E-state index contributed by atoms with van der Waals surface area (Å²) in [5.74, 6) is -3.53. The summed E-state index contributed by atoms with van der Waals surface area (Å²) in [6, 6.07) is -3.38. The van der Waals surface area contributed by atoms with Crippen LogP contribution in [-0.4, -0.2) is 62.4 Å². The molecule has 0 heterocycles. The third-order valence-electron chi connectivity index (χ3n) is 7.54. The zero-order valence-electron chi connectivity index (χ0n) is 22.7. The first-order valence-electron chi connectivity index (χ1n) is 13.8. The van der Waals surface area contributed by atoms with Crippen LogP contribution >= 0.6 is 0 Å². The molecule has 0 rings (SSSR count). The molecule has 0 amide bonds. The quantitative estimate of drug-likeness (QED) is 0.0826. The lowest BCUT2D eigenvalue weighted by atomic mass is 10.00. The van der Waals surface area contributed by atoms with E-state index >= 15 is 0 Å². The molecule has 7 heteroatoms. The molecule has 0 bridgehead atoms. The Morgan fingerprint density at radius 2 is 0.886 bits per heavy atom. The minimum absolute atomic E-state index is 0.215. The second-order valence-corrected chi connectivity index (χ2v) is 10.1. The molecule has 3 atom stereocenters. The predicted octanol–water partition coefficient (Wildman–Crippen LogP) is 6.65. The lowest BCUT2D eigenvalue weighted by molar-refractivity contribution is -0.968. The average Bonchev–Trinajstić information content (AvgIpc) is 2.82. The highest BCUT2D eigenvalue weighted by atomic mass is 16.4. The van der Waals surface area contributed by atoms with Gasteiger partial charge in [-0.25, -0.2) is 14.4 Å². The summed E-state index contributed by atoms with van der Waals surface area (Å²) >= 11 is 0. The Morgan fingerprint density at radius 3 is 1.23 bits per heavy atom. The highest BCUT2D eigenvalue weighted by Gasteiger charge is 2.52. The summed E-state index contributed by atoms with van der Waals surface area (Å²) in [6.07, 6.45) is 22.0. The number of unbranched alkanes of at least 4 members (excludes halogenated alkanes) is 13. The Balaban J connectivity index is 4.32. The van der Waals surface area contributed by atoms with Gasteiger partial charge in [0.25, 0.3) is 0 Å². The number of hydrogen-bond acceptors (Lipinski definition) is 3. The van der Waals surface area contributed by atoms with Crippen LogP contribution in [-0.2, 0) is 14.4 Å². The van der Waals surface area contributed by atoms with Gasteiger partial charge in [0.1, 0.15) is 0 Å². The number of carboxylic acids is 3. The highest BCUT2D eigenvalue weighted by Crippen LogP contribution is 2.27. The topological polar surface area (TPSA) is 112 Å². The van der Waals surface area contributed by atoms with E-state index in [0.717, 1.165) is 38.5 Å². The van der Waals surface area contributed by atoms with Crippen molar-refractivity contribution in [1.29, 1.82) is 0 Å². The molecular formula is C28H52NO6+. The van der Waals surface area contributed by atoms with E-state index in [0.29, 0.717) is 6.42 Å². The van der Waals surface area contributed by atoms with Crippen molar-refractivity contribution in [3.8, 4) is 0 Å². The van der Waals surface area contributed by atoms with E-state index in [1.807, 2.05) is 0 Å². The maximum Gasteiger partial charge on any atom is 0.362 e. The van der Waals surface area contributed by atoms with Crippen LogP contribution in [0.1, 0.15) is 124 Å². The van der Waals surface area contributed by atoms with Crippen molar-refractivity contribution in [2.45, 2.75) is 142 Å². The van der Waals surface area contributed by atoms with Crippen LogP contribution in [0, 0.1) is 0 Å². The SMILES string of the molecule is CCCCCCCCCC/C=C/CCCCCCC[N+](C(C)C(=O)O)(C(C)C(=O)O)C(C)C(=O)O. The van der Waals surface area contributed by atoms with Crippen LogP contribution in [0.15, 0.2) is 12.2 Å². The molecule has 3 unspecified atom stereocenters. The van der Waals surface area contributed by atoms with Gasteiger partial charge in [0.15, 0.2) is 18.1 Å². The fourth-order valence-electron chi connectivity index (χ4n) is 5.01. The van der Waals surface area contributed by atoms with Gasteiger partial charge in [0.2, 0.25) is 0 Å². The summed E-state index contributed by atoms with van der Waals surface area (Å²) < 4.78 is -0.485. The first kappa shape index (κ1) is 33.1. The van der Waals surface area contributed by atoms with Gasteiger partial charge in [-0.1, -0.05) is 76.9 Å². The van der Waals surface area contributed by atoms with E-state index in [9.17, 15) is 29.7 Å². The van der Waals surface area contributed by atoms with Crippen LogP contribution in [0.3, 0.4) is 0 Å². The second-order valence-electron chi connectivity index (χ2n) is 10.1.